The van der Waals surface area contributed by atoms with Crippen LogP contribution in [0.5, 0.6) is 0 Å². The zero-order chi connectivity index (χ0) is 19.4. The van der Waals surface area contributed by atoms with E-state index in [2.05, 4.69) is 17.6 Å². The van der Waals surface area contributed by atoms with Gasteiger partial charge in [-0.05, 0) is 38.5 Å². The summed E-state index contributed by atoms with van der Waals surface area (Å²) in [7, 11) is 0. The highest BCUT2D eigenvalue weighted by molar-refractivity contribution is 7.99. The van der Waals surface area contributed by atoms with Crippen LogP contribution in [0.3, 0.4) is 0 Å². The Morgan fingerprint density at radius 1 is 1.31 bits per heavy atom. The number of carbonyl (C=O) groups is 1. The van der Waals surface area contributed by atoms with Crippen LogP contribution >= 0.6 is 11.8 Å². The van der Waals surface area contributed by atoms with Gasteiger partial charge in [-0.1, -0.05) is 13.3 Å². The molecule has 2 rings (SSSR count). The smallest absolute Gasteiger partial charge is 0.237 e. The van der Waals surface area contributed by atoms with Gasteiger partial charge in [-0.3, -0.25) is 4.79 Å². The molecule has 0 aromatic heterocycles. The van der Waals surface area contributed by atoms with E-state index in [4.69, 9.17) is 4.74 Å². The van der Waals surface area contributed by atoms with E-state index in [9.17, 15) is 25.2 Å². The molecule has 1 amide bonds. The van der Waals surface area contributed by atoms with Crippen LogP contribution in [0.2, 0.25) is 0 Å². The van der Waals surface area contributed by atoms with Gasteiger partial charge in [0.1, 0.15) is 29.9 Å². The van der Waals surface area contributed by atoms with Gasteiger partial charge in [-0.2, -0.15) is 0 Å². The van der Waals surface area contributed by atoms with E-state index >= 15 is 0 Å². The van der Waals surface area contributed by atoms with Crippen LogP contribution in [-0.4, -0.2) is 87.2 Å². The molecule has 2 saturated heterocycles. The molecule has 152 valence electrons. The summed E-state index contributed by atoms with van der Waals surface area (Å²) in [6.07, 6.45) is -1.54. The molecule has 0 spiro atoms. The number of thioether (sulfide) groups is 1. The second-order valence-electron chi connectivity index (χ2n) is 7.30. The second-order valence-corrected chi connectivity index (χ2v) is 8.24. The van der Waals surface area contributed by atoms with Gasteiger partial charge >= 0.3 is 0 Å². The normalized spacial score (nSPS) is 40.2. The first kappa shape index (κ1) is 21.9. The highest BCUT2D eigenvalue weighted by Gasteiger charge is 2.48. The molecule has 0 bridgehead atoms. The predicted molar refractivity (Wildman–Crippen MR) is 98.6 cm³/mol. The zero-order valence-corrected chi connectivity index (χ0v) is 16.4. The van der Waals surface area contributed by atoms with Gasteiger partial charge in [0.25, 0.3) is 0 Å². The van der Waals surface area contributed by atoms with Crippen molar-refractivity contribution in [2.75, 3.05) is 12.8 Å². The highest BCUT2D eigenvalue weighted by Crippen LogP contribution is 2.29. The lowest BCUT2D eigenvalue weighted by molar-refractivity contribution is -0.211. The van der Waals surface area contributed by atoms with Gasteiger partial charge in [0.15, 0.2) is 0 Å². The summed E-state index contributed by atoms with van der Waals surface area (Å²) in [4.78, 5) is 12.6. The molecule has 6 N–H and O–H groups in total. The number of nitrogens with one attached hydrogen (secondary N) is 2. The molecule has 9 heteroatoms. The quantitative estimate of drug-likeness (QED) is 0.319. The molecule has 0 unspecified atom stereocenters. The summed E-state index contributed by atoms with van der Waals surface area (Å²) in [5, 5.41) is 46.5. The summed E-state index contributed by atoms with van der Waals surface area (Å²) in [6.45, 7) is 4.39. The minimum atomic E-state index is -1.42. The summed E-state index contributed by atoms with van der Waals surface area (Å²) in [5.41, 5.74) is -0.755. The van der Waals surface area contributed by atoms with Gasteiger partial charge in [-0.15, -0.1) is 11.8 Å². The van der Waals surface area contributed by atoms with Crippen molar-refractivity contribution >= 4 is 17.7 Å². The molecular formula is C17H32N2O6S. The Bertz CT molecular complexity index is 467. The van der Waals surface area contributed by atoms with Gasteiger partial charge < -0.3 is 35.8 Å². The maximum Gasteiger partial charge on any atom is 0.237 e. The van der Waals surface area contributed by atoms with E-state index in [0.29, 0.717) is 5.92 Å². The van der Waals surface area contributed by atoms with E-state index in [1.165, 1.54) is 18.7 Å². The number of carbonyl (C=O) groups excluding carboxylic acids is 1. The molecule has 0 aromatic rings. The van der Waals surface area contributed by atoms with Crippen LogP contribution in [0.25, 0.3) is 0 Å². The van der Waals surface area contributed by atoms with Crippen molar-refractivity contribution < 1.29 is 30.0 Å². The highest BCUT2D eigenvalue weighted by atomic mass is 32.2. The van der Waals surface area contributed by atoms with E-state index in [0.717, 1.165) is 25.8 Å². The van der Waals surface area contributed by atoms with Crippen LogP contribution in [0, 0.1) is 5.92 Å². The SMILES string of the molecule is CCC[C@H]1CN[C@H](C(=O)N[C@@H]([C@H]2O[C@@H](SC)[C@H](O)[C@H](O)[C@H]2O)[C@@H](C)O)C1. The van der Waals surface area contributed by atoms with Crippen molar-refractivity contribution in [1.82, 2.24) is 10.6 Å². The monoisotopic (exact) mass is 392 g/mol. The van der Waals surface area contributed by atoms with Crippen LogP contribution in [0.15, 0.2) is 0 Å². The maximum absolute atomic E-state index is 12.6. The molecule has 0 saturated carbocycles. The first-order chi connectivity index (χ1) is 12.3. The Morgan fingerprint density at radius 3 is 2.58 bits per heavy atom. The second kappa shape index (κ2) is 9.68. The summed E-state index contributed by atoms with van der Waals surface area (Å²) >= 11 is 1.19. The van der Waals surface area contributed by atoms with Crippen LogP contribution in [0.4, 0.5) is 0 Å². The average molecular weight is 393 g/mol. The van der Waals surface area contributed by atoms with Crippen molar-refractivity contribution in [3.8, 4) is 0 Å². The van der Waals surface area contributed by atoms with Crippen LogP contribution in [0.1, 0.15) is 33.1 Å². The number of amides is 1. The van der Waals surface area contributed by atoms with Crippen molar-refractivity contribution in [3.05, 3.63) is 0 Å². The fourth-order valence-electron chi connectivity index (χ4n) is 3.74. The van der Waals surface area contributed by atoms with Crippen LogP contribution < -0.4 is 10.6 Å². The van der Waals surface area contributed by atoms with Crippen molar-refractivity contribution in [2.45, 2.75) is 81.1 Å². The number of hydrogen-bond donors (Lipinski definition) is 6. The molecule has 0 aromatic carbocycles. The summed E-state index contributed by atoms with van der Waals surface area (Å²) in [6, 6.07) is -1.25. The Labute approximate surface area is 158 Å². The number of aliphatic hydroxyl groups is 4. The lowest BCUT2D eigenvalue weighted by Crippen LogP contribution is -2.65. The molecule has 2 heterocycles. The number of hydrogen-bond acceptors (Lipinski definition) is 8. The molecule has 2 fully saturated rings. The Hall–Kier alpha value is -0.420. The third kappa shape index (κ3) is 4.89. The molecule has 8 nitrogen and oxygen atoms in total. The summed E-state index contributed by atoms with van der Waals surface area (Å²) < 4.78 is 5.69. The van der Waals surface area contributed by atoms with Crippen LogP contribution in [-0.2, 0) is 9.53 Å². The third-order valence-corrected chi connectivity index (χ3v) is 6.11. The molecule has 2 aliphatic rings. The fourth-order valence-corrected chi connectivity index (χ4v) is 4.42. The van der Waals surface area contributed by atoms with Crippen molar-refractivity contribution in [2.24, 2.45) is 5.92 Å². The average Bonchev–Trinajstić information content (AvgIpc) is 3.07. The summed E-state index contributed by atoms with van der Waals surface area (Å²) in [5.74, 6) is 0.196. The lowest BCUT2D eigenvalue weighted by Gasteiger charge is -2.44. The largest absolute Gasteiger partial charge is 0.391 e. The Balaban J connectivity index is 2.05. The van der Waals surface area contributed by atoms with Crippen molar-refractivity contribution in [1.29, 1.82) is 0 Å². The molecule has 0 aliphatic carbocycles. The zero-order valence-electron chi connectivity index (χ0n) is 15.5. The predicted octanol–water partition coefficient (Wildman–Crippen LogP) is -1.20. The maximum atomic E-state index is 12.6. The van der Waals surface area contributed by atoms with Gasteiger partial charge in [0.05, 0.1) is 18.2 Å². The minimum Gasteiger partial charge on any atom is -0.391 e. The van der Waals surface area contributed by atoms with E-state index in [-0.39, 0.29) is 11.9 Å². The Kier molecular flexibility index (Phi) is 8.14. The topological polar surface area (TPSA) is 131 Å². The lowest BCUT2D eigenvalue weighted by atomic mass is 9.92. The van der Waals surface area contributed by atoms with Gasteiger partial charge in [0, 0.05) is 0 Å². The number of ether oxygens (including phenoxy) is 1. The minimum absolute atomic E-state index is 0.258. The van der Waals surface area contributed by atoms with Crippen molar-refractivity contribution in [3.63, 3.8) is 0 Å². The first-order valence-corrected chi connectivity index (χ1v) is 10.5. The number of aliphatic hydroxyl groups excluding tert-OH is 4. The Morgan fingerprint density at radius 2 is 2.00 bits per heavy atom. The standard InChI is InChI=1S/C17H32N2O6S/c1-4-5-9-6-10(18-7-9)16(24)19-11(8(2)20)15-13(22)12(21)14(23)17(25-15)26-3/h8-15,17-18,20-23H,4-7H2,1-3H3,(H,19,24)/t8-,9-,10+,11-,12-,13-,14-,15-,17+/m1/s1. The fraction of sp³-hybridized carbons (Fsp3) is 0.941. The molecule has 2 aliphatic heterocycles. The number of rotatable bonds is 7. The van der Waals surface area contributed by atoms with E-state index < -0.39 is 42.0 Å². The third-order valence-electron chi connectivity index (χ3n) is 5.26. The van der Waals surface area contributed by atoms with Gasteiger partial charge in [-0.25, -0.2) is 0 Å². The van der Waals surface area contributed by atoms with Gasteiger partial charge in [0.2, 0.25) is 5.91 Å². The van der Waals surface area contributed by atoms with E-state index in [1.807, 2.05) is 0 Å². The molecule has 9 atom stereocenters. The molecule has 0 radical (unpaired) electrons. The molecular weight excluding hydrogens is 360 g/mol. The molecule has 26 heavy (non-hydrogen) atoms. The first-order valence-electron chi connectivity index (χ1n) is 9.24. The van der Waals surface area contributed by atoms with E-state index in [1.54, 1.807) is 6.26 Å².